The largest absolute Gasteiger partial charge is 0.489 e. The molecule has 27 heavy (non-hydrogen) atoms. The number of carboxylic acid groups (broad SMARTS) is 1. The molecule has 2 heterocycles. The molecule has 144 valence electrons. The third kappa shape index (κ3) is 4.46. The molecule has 0 bridgehead atoms. The zero-order valence-corrected chi connectivity index (χ0v) is 15.3. The Hall–Kier alpha value is -2.87. The maximum atomic E-state index is 12.5. The fraction of sp³-hybridized carbons (Fsp3) is 0.421. The van der Waals surface area contributed by atoms with Gasteiger partial charge in [0.1, 0.15) is 18.1 Å². The summed E-state index contributed by atoms with van der Waals surface area (Å²) in [5, 5.41) is 13.1. The van der Waals surface area contributed by atoms with Gasteiger partial charge in [-0.15, -0.1) is 0 Å². The highest BCUT2D eigenvalue weighted by Crippen LogP contribution is 2.19. The molecule has 0 spiro atoms. The fourth-order valence-corrected chi connectivity index (χ4v) is 2.95. The Kier molecular flexibility index (Phi) is 5.75. The van der Waals surface area contributed by atoms with E-state index in [9.17, 15) is 14.7 Å². The molecule has 1 aliphatic rings. The molecule has 1 unspecified atom stereocenters. The van der Waals surface area contributed by atoms with Gasteiger partial charge in [-0.2, -0.15) is 0 Å². The summed E-state index contributed by atoms with van der Waals surface area (Å²) in [5.74, 6) is 0.121. The predicted octanol–water partition coefficient (Wildman–Crippen LogP) is 1.72. The van der Waals surface area contributed by atoms with Crippen LogP contribution in [0, 0.1) is 13.8 Å². The molecule has 1 saturated heterocycles. The third-order valence-corrected chi connectivity index (χ3v) is 4.58. The Morgan fingerprint density at radius 1 is 1.30 bits per heavy atom. The lowest BCUT2D eigenvalue weighted by Gasteiger charge is -2.32. The number of carbonyl (C=O) groups is 2. The minimum absolute atomic E-state index is 0.0234. The number of amides is 1. The van der Waals surface area contributed by atoms with Gasteiger partial charge in [-0.25, -0.2) is 4.79 Å². The van der Waals surface area contributed by atoms with E-state index in [1.807, 2.05) is 13.8 Å². The highest BCUT2D eigenvalue weighted by atomic mass is 16.5. The molecule has 1 N–H and O–H groups in total. The van der Waals surface area contributed by atoms with Crippen LogP contribution in [-0.2, 0) is 27.4 Å². The molecule has 1 aromatic carbocycles. The van der Waals surface area contributed by atoms with Gasteiger partial charge in [0.25, 0.3) is 0 Å². The first-order valence-corrected chi connectivity index (χ1v) is 8.69. The summed E-state index contributed by atoms with van der Waals surface area (Å²) >= 11 is 0. The lowest BCUT2D eigenvalue weighted by molar-refractivity contribution is -0.158. The maximum Gasteiger partial charge on any atom is 0.328 e. The smallest absolute Gasteiger partial charge is 0.328 e. The van der Waals surface area contributed by atoms with Crippen LogP contribution in [0.15, 0.2) is 28.8 Å². The van der Waals surface area contributed by atoms with E-state index < -0.39 is 12.0 Å². The topological polar surface area (TPSA) is 102 Å². The SMILES string of the molecule is Cc1noc(C)c1COc1ccc(CC(=O)N2CCOCC2C(=O)O)cc1. The Morgan fingerprint density at radius 2 is 2.04 bits per heavy atom. The molecule has 2 aromatic rings. The molecule has 1 aliphatic heterocycles. The van der Waals surface area contributed by atoms with Crippen LogP contribution < -0.4 is 4.74 Å². The summed E-state index contributed by atoms with van der Waals surface area (Å²) in [7, 11) is 0. The molecule has 0 saturated carbocycles. The first-order valence-electron chi connectivity index (χ1n) is 8.69. The predicted molar refractivity (Wildman–Crippen MR) is 94.4 cm³/mol. The van der Waals surface area contributed by atoms with Crippen molar-refractivity contribution < 1.29 is 28.7 Å². The Morgan fingerprint density at radius 3 is 2.67 bits per heavy atom. The van der Waals surface area contributed by atoms with Gasteiger partial charge in [0.2, 0.25) is 5.91 Å². The second kappa shape index (κ2) is 8.22. The summed E-state index contributed by atoms with van der Waals surface area (Å²) in [4.78, 5) is 25.1. The molecule has 1 atom stereocenters. The molecule has 8 nitrogen and oxygen atoms in total. The zero-order chi connectivity index (χ0) is 19.4. The molecule has 8 heteroatoms. The van der Waals surface area contributed by atoms with Crippen LogP contribution >= 0.6 is 0 Å². The summed E-state index contributed by atoms with van der Waals surface area (Å²) in [5.41, 5.74) is 2.51. The number of nitrogens with zero attached hydrogens (tertiary/aromatic N) is 2. The highest BCUT2D eigenvalue weighted by molar-refractivity contribution is 5.85. The minimum Gasteiger partial charge on any atom is -0.489 e. The number of hydrogen-bond acceptors (Lipinski definition) is 6. The van der Waals surface area contributed by atoms with E-state index in [1.54, 1.807) is 24.3 Å². The van der Waals surface area contributed by atoms with Gasteiger partial charge in [0, 0.05) is 6.54 Å². The van der Waals surface area contributed by atoms with Crippen molar-refractivity contribution in [2.24, 2.45) is 0 Å². The van der Waals surface area contributed by atoms with Crippen LogP contribution in [0.25, 0.3) is 0 Å². The normalized spacial score (nSPS) is 17.0. The van der Waals surface area contributed by atoms with Gasteiger partial charge in [-0.3, -0.25) is 4.79 Å². The lowest BCUT2D eigenvalue weighted by atomic mass is 10.1. The number of carbonyl (C=O) groups excluding carboxylic acids is 1. The van der Waals surface area contributed by atoms with Crippen molar-refractivity contribution in [1.82, 2.24) is 10.1 Å². The van der Waals surface area contributed by atoms with E-state index in [0.29, 0.717) is 19.0 Å². The first-order chi connectivity index (χ1) is 13.0. The summed E-state index contributed by atoms with van der Waals surface area (Å²) in [6, 6.07) is 6.25. The van der Waals surface area contributed by atoms with E-state index in [0.717, 1.165) is 22.6 Å². The van der Waals surface area contributed by atoms with E-state index in [-0.39, 0.29) is 25.5 Å². The van der Waals surface area contributed by atoms with Crippen molar-refractivity contribution in [1.29, 1.82) is 0 Å². The van der Waals surface area contributed by atoms with Crippen LogP contribution in [0.1, 0.15) is 22.6 Å². The van der Waals surface area contributed by atoms with Crippen molar-refractivity contribution >= 4 is 11.9 Å². The van der Waals surface area contributed by atoms with Crippen LogP contribution in [0.2, 0.25) is 0 Å². The van der Waals surface area contributed by atoms with E-state index in [4.69, 9.17) is 14.0 Å². The first kappa shape index (κ1) is 18.9. The van der Waals surface area contributed by atoms with Gasteiger partial charge < -0.3 is 24.0 Å². The van der Waals surface area contributed by atoms with Gasteiger partial charge in [0.05, 0.1) is 30.9 Å². The van der Waals surface area contributed by atoms with Crippen molar-refractivity contribution in [3.05, 3.63) is 46.8 Å². The zero-order valence-electron chi connectivity index (χ0n) is 15.3. The molecule has 1 fully saturated rings. The molecular weight excluding hydrogens is 352 g/mol. The summed E-state index contributed by atoms with van der Waals surface area (Å²) < 4.78 is 16.0. The van der Waals surface area contributed by atoms with Gasteiger partial charge in [-0.05, 0) is 31.5 Å². The number of rotatable bonds is 6. The lowest BCUT2D eigenvalue weighted by Crippen LogP contribution is -2.53. The summed E-state index contributed by atoms with van der Waals surface area (Å²) in [6.07, 6.45) is 0.133. The molecular formula is C19H22N2O6. The van der Waals surface area contributed by atoms with Crippen molar-refractivity contribution in [2.75, 3.05) is 19.8 Å². The Bertz CT molecular complexity index is 795. The van der Waals surface area contributed by atoms with Crippen LogP contribution in [0.4, 0.5) is 0 Å². The quantitative estimate of drug-likeness (QED) is 0.821. The second-order valence-electron chi connectivity index (χ2n) is 6.43. The molecule has 1 amide bonds. The molecule has 0 radical (unpaired) electrons. The van der Waals surface area contributed by atoms with E-state index >= 15 is 0 Å². The number of benzene rings is 1. The molecule has 0 aliphatic carbocycles. The Balaban J connectivity index is 1.58. The highest BCUT2D eigenvalue weighted by Gasteiger charge is 2.32. The van der Waals surface area contributed by atoms with Crippen LogP contribution in [-0.4, -0.2) is 52.8 Å². The molecule has 1 aromatic heterocycles. The average Bonchev–Trinajstić information content (AvgIpc) is 2.99. The van der Waals surface area contributed by atoms with Gasteiger partial charge in [-0.1, -0.05) is 17.3 Å². The van der Waals surface area contributed by atoms with Crippen molar-refractivity contribution in [2.45, 2.75) is 32.9 Å². The Labute approximate surface area is 156 Å². The number of morpholine rings is 1. The van der Waals surface area contributed by atoms with Crippen LogP contribution in [0.3, 0.4) is 0 Å². The van der Waals surface area contributed by atoms with Crippen LogP contribution in [0.5, 0.6) is 5.75 Å². The number of carboxylic acids is 1. The summed E-state index contributed by atoms with van der Waals surface area (Å²) in [6.45, 7) is 4.71. The van der Waals surface area contributed by atoms with Crippen molar-refractivity contribution in [3.63, 3.8) is 0 Å². The monoisotopic (exact) mass is 374 g/mol. The number of aliphatic carboxylic acids is 1. The molecule has 3 rings (SSSR count). The fourth-order valence-electron chi connectivity index (χ4n) is 2.95. The van der Waals surface area contributed by atoms with Gasteiger partial charge in [0.15, 0.2) is 6.04 Å². The average molecular weight is 374 g/mol. The standard InChI is InChI=1S/C19H22N2O6/c1-12-16(13(2)27-20-12)10-26-15-5-3-14(4-6-15)9-18(22)21-7-8-25-11-17(21)19(23)24/h3-6,17H,7-11H2,1-2H3,(H,23,24). The number of hydrogen-bond donors (Lipinski definition) is 1. The van der Waals surface area contributed by atoms with Crippen molar-refractivity contribution in [3.8, 4) is 5.75 Å². The number of aryl methyl sites for hydroxylation is 2. The minimum atomic E-state index is -1.05. The number of aromatic nitrogens is 1. The third-order valence-electron chi connectivity index (χ3n) is 4.58. The maximum absolute atomic E-state index is 12.5. The van der Waals surface area contributed by atoms with E-state index in [1.165, 1.54) is 4.90 Å². The second-order valence-corrected chi connectivity index (χ2v) is 6.43. The van der Waals surface area contributed by atoms with E-state index in [2.05, 4.69) is 5.16 Å². The van der Waals surface area contributed by atoms with Gasteiger partial charge >= 0.3 is 5.97 Å². The number of ether oxygens (including phenoxy) is 2.